The van der Waals surface area contributed by atoms with Crippen LogP contribution in [0.5, 0.6) is 0 Å². The molecule has 1 saturated carbocycles. The van der Waals surface area contributed by atoms with Gasteiger partial charge in [0.25, 0.3) is 0 Å². The first kappa shape index (κ1) is 11.9. The minimum atomic E-state index is -0.0418. The summed E-state index contributed by atoms with van der Waals surface area (Å²) in [7, 11) is 0. The second-order valence-electron chi connectivity index (χ2n) is 4.89. The predicted octanol–water partition coefficient (Wildman–Crippen LogP) is 0.941. The molecule has 0 bridgehead atoms. The van der Waals surface area contributed by atoms with Crippen LogP contribution in [0.2, 0.25) is 0 Å². The summed E-state index contributed by atoms with van der Waals surface area (Å²) < 4.78 is 10.6. The van der Waals surface area contributed by atoms with Crippen molar-refractivity contribution in [2.75, 3.05) is 26.4 Å². The molecule has 2 N–H and O–H groups in total. The van der Waals surface area contributed by atoms with Crippen molar-refractivity contribution in [1.29, 1.82) is 0 Å². The van der Waals surface area contributed by atoms with Crippen LogP contribution >= 0.6 is 0 Å². The van der Waals surface area contributed by atoms with Crippen molar-refractivity contribution in [3.63, 3.8) is 0 Å². The van der Waals surface area contributed by atoms with Crippen LogP contribution in [0.4, 0.5) is 0 Å². The Morgan fingerprint density at radius 2 is 2.25 bits per heavy atom. The Bertz CT molecular complexity index is 238. The molecule has 4 nitrogen and oxygen atoms in total. The van der Waals surface area contributed by atoms with Crippen molar-refractivity contribution in [2.24, 2.45) is 23.5 Å². The minimum absolute atomic E-state index is 0.0418. The number of carbonyl (C=O) groups is 1. The van der Waals surface area contributed by atoms with Gasteiger partial charge in [0.1, 0.15) is 0 Å². The Morgan fingerprint density at radius 1 is 1.38 bits per heavy atom. The zero-order valence-electron chi connectivity index (χ0n) is 9.69. The standard InChI is InChI=1S/C12H21NO3/c13-6-10-2-1-3-11(10)12(14)16-8-9-4-5-15-7-9/h9-11H,1-8,13H2. The topological polar surface area (TPSA) is 61.6 Å². The second kappa shape index (κ2) is 5.64. The lowest BCUT2D eigenvalue weighted by molar-refractivity contribution is -0.151. The van der Waals surface area contributed by atoms with Crippen molar-refractivity contribution >= 4 is 5.97 Å². The van der Waals surface area contributed by atoms with E-state index < -0.39 is 0 Å². The molecule has 3 atom stereocenters. The Kier molecular flexibility index (Phi) is 4.18. The average molecular weight is 227 g/mol. The molecule has 0 aromatic rings. The Labute approximate surface area is 96.5 Å². The van der Waals surface area contributed by atoms with Crippen LogP contribution in [0.25, 0.3) is 0 Å². The molecule has 0 radical (unpaired) electrons. The third-order valence-corrected chi connectivity index (χ3v) is 3.75. The van der Waals surface area contributed by atoms with Crippen LogP contribution in [0, 0.1) is 17.8 Å². The Hall–Kier alpha value is -0.610. The van der Waals surface area contributed by atoms with Crippen molar-refractivity contribution in [3.05, 3.63) is 0 Å². The smallest absolute Gasteiger partial charge is 0.309 e. The predicted molar refractivity (Wildman–Crippen MR) is 59.8 cm³/mol. The van der Waals surface area contributed by atoms with Gasteiger partial charge < -0.3 is 15.2 Å². The summed E-state index contributed by atoms with van der Waals surface area (Å²) in [5.74, 6) is 0.751. The molecular weight excluding hydrogens is 206 g/mol. The van der Waals surface area contributed by atoms with Gasteiger partial charge in [-0.15, -0.1) is 0 Å². The molecule has 4 heteroatoms. The summed E-state index contributed by atoms with van der Waals surface area (Å²) in [6.45, 7) is 2.66. The second-order valence-corrected chi connectivity index (χ2v) is 4.89. The van der Waals surface area contributed by atoms with Gasteiger partial charge in [-0.2, -0.15) is 0 Å². The van der Waals surface area contributed by atoms with Gasteiger partial charge in [-0.1, -0.05) is 6.42 Å². The highest BCUT2D eigenvalue weighted by molar-refractivity contribution is 5.73. The van der Waals surface area contributed by atoms with Crippen LogP contribution in [0.1, 0.15) is 25.7 Å². The van der Waals surface area contributed by atoms with Crippen molar-refractivity contribution < 1.29 is 14.3 Å². The molecule has 16 heavy (non-hydrogen) atoms. The van der Waals surface area contributed by atoms with Crippen molar-refractivity contribution in [1.82, 2.24) is 0 Å². The zero-order valence-corrected chi connectivity index (χ0v) is 9.69. The fourth-order valence-corrected chi connectivity index (χ4v) is 2.65. The molecule has 2 fully saturated rings. The van der Waals surface area contributed by atoms with E-state index in [1.165, 1.54) is 0 Å². The fraction of sp³-hybridized carbons (Fsp3) is 0.917. The Balaban J connectivity index is 1.74. The number of hydrogen-bond donors (Lipinski definition) is 1. The number of esters is 1. The number of carbonyl (C=O) groups excluding carboxylic acids is 1. The summed E-state index contributed by atoms with van der Waals surface area (Å²) in [5.41, 5.74) is 5.65. The highest BCUT2D eigenvalue weighted by Crippen LogP contribution is 2.32. The first-order chi connectivity index (χ1) is 7.81. The first-order valence-corrected chi connectivity index (χ1v) is 6.25. The molecule has 1 saturated heterocycles. The van der Waals surface area contributed by atoms with Crippen LogP contribution < -0.4 is 5.73 Å². The lowest BCUT2D eigenvalue weighted by Gasteiger charge is -2.17. The normalized spacial score (nSPS) is 34.2. The molecule has 1 aliphatic carbocycles. The SMILES string of the molecule is NCC1CCCC1C(=O)OCC1CCOC1. The maximum Gasteiger partial charge on any atom is 0.309 e. The molecule has 1 heterocycles. The molecule has 0 amide bonds. The third kappa shape index (κ3) is 2.74. The van der Waals surface area contributed by atoms with E-state index in [-0.39, 0.29) is 11.9 Å². The lowest BCUT2D eigenvalue weighted by atomic mass is 9.96. The molecule has 2 aliphatic rings. The molecule has 3 unspecified atom stereocenters. The van der Waals surface area contributed by atoms with Gasteiger partial charge in [0, 0.05) is 12.5 Å². The van der Waals surface area contributed by atoms with E-state index in [0.717, 1.165) is 38.9 Å². The minimum Gasteiger partial charge on any atom is -0.465 e. The van der Waals surface area contributed by atoms with Gasteiger partial charge in [0.15, 0.2) is 0 Å². The van der Waals surface area contributed by atoms with Crippen molar-refractivity contribution in [3.8, 4) is 0 Å². The van der Waals surface area contributed by atoms with E-state index in [4.69, 9.17) is 15.2 Å². The molecule has 0 aromatic heterocycles. The van der Waals surface area contributed by atoms with Gasteiger partial charge in [-0.05, 0) is 31.7 Å². The van der Waals surface area contributed by atoms with Crippen LogP contribution in [-0.2, 0) is 14.3 Å². The highest BCUT2D eigenvalue weighted by Gasteiger charge is 2.33. The van der Waals surface area contributed by atoms with Gasteiger partial charge >= 0.3 is 5.97 Å². The molecule has 92 valence electrons. The van der Waals surface area contributed by atoms with Crippen molar-refractivity contribution in [2.45, 2.75) is 25.7 Å². The molecular formula is C12H21NO3. The quantitative estimate of drug-likeness (QED) is 0.726. The van der Waals surface area contributed by atoms with E-state index >= 15 is 0 Å². The van der Waals surface area contributed by atoms with E-state index in [0.29, 0.717) is 25.0 Å². The molecule has 0 aromatic carbocycles. The Morgan fingerprint density at radius 3 is 2.94 bits per heavy atom. The van der Waals surface area contributed by atoms with Crippen LogP contribution in [-0.4, -0.2) is 32.3 Å². The van der Waals surface area contributed by atoms with Gasteiger partial charge in [0.05, 0.1) is 19.1 Å². The fourth-order valence-electron chi connectivity index (χ4n) is 2.65. The molecule has 0 spiro atoms. The maximum atomic E-state index is 11.9. The zero-order chi connectivity index (χ0) is 11.4. The van der Waals surface area contributed by atoms with E-state index in [9.17, 15) is 4.79 Å². The van der Waals surface area contributed by atoms with Crippen LogP contribution in [0.3, 0.4) is 0 Å². The third-order valence-electron chi connectivity index (χ3n) is 3.75. The monoisotopic (exact) mass is 227 g/mol. The summed E-state index contributed by atoms with van der Waals surface area (Å²) in [6.07, 6.45) is 4.14. The maximum absolute atomic E-state index is 11.9. The summed E-state index contributed by atoms with van der Waals surface area (Å²) in [4.78, 5) is 11.9. The van der Waals surface area contributed by atoms with Gasteiger partial charge in [0.2, 0.25) is 0 Å². The molecule has 1 aliphatic heterocycles. The highest BCUT2D eigenvalue weighted by atomic mass is 16.5. The van der Waals surface area contributed by atoms with E-state index in [1.54, 1.807) is 0 Å². The molecule has 2 rings (SSSR count). The number of nitrogens with two attached hydrogens (primary N) is 1. The number of rotatable bonds is 4. The van der Waals surface area contributed by atoms with E-state index in [2.05, 4.69) is 0 Å². The summed E-state index contributed by atoms with van der Waals surface area (Å²) in [6, 6.07) is 0. The van der Waals surface area contributed by atoms with Gasteiger partial charge in [-0.25, -0.2) is 0 Å². The summed E-state index contributed by atoms with van der Waals surface area (Å²) in [5, 5.41) is 0. The number of ether oxygens (including phenoxy) is 2. The average Bonchev–Trinajstić information content (AvgIpc) is 2.96. The largest absolute Gasteiger partial charge is 0.465 e. The van der Waals surface area contributed by atoms with E-state index in [1.807, 2.05) is 0 Å². The lowest BCUT2D eigenvalue weighted by Crippen LogP contribution is -2.28. The summed E-state index contributed by atoms with van der Waals surface area (Å²) >= 11 is 0. The van der Waals surface area contributed by atoms with Gasteiger partial charge in [-0.3, -0.25) is 4.79 Å². The first-order valence-electron chi connectivity index (χ1n) is 6.25. The number of hydrogen-bond acceptors (Lipinski definition) is 4. The van der Waals surface area contributed by atoms with Crippen LogP contribution in [0.15, 0.2) is 0 Å².